The van der Waals surface area contributed by atoms with Gasteiger partial charge in [-0.15, -0.1) is 0 Å². The molecule has 0 aliphatic heterocycles. The highest BCUT2D eigenvalue weighted by Gasteiger charge is 2.25. The summed E-state index contributed by atoms with van der Waals surface area (Å²) in [5.74, 6) is -0.467. The molecule has 9 heteroatoms. The fourth-order valence-electron chi connectivity index (χ4n) is 1.93. The molecule has 1 rings (SSSR count). The Balaban J connectivity index is 3.61. The fourth-order valence-corrected chi connectivity index (χ4v) is 2.49. The summed E-state index contributed by atoms with van der Waals surface area (Å²) in [6.45, 7) is 5.73. The molecular weight excluding hydrogens is 298 g/mol. The molecule has 1 aromatic carbocycles. The molecule has 0 bridgehead atoms. The van der Waals surface area contributed by atoms with Crippen LogP contribution in [-0.2, 0) is 10.0 Å². The Morgan fingerprint density at radius 1 is 1.33 bits per heavy atom. The molecule has 0 saturated heterocycles. The van der Waals surface area contributed by atoms with Gasteiger partial charge < -0.3 is 4.90 Å². The molecule has 116 valence electrons. The smallest absolute Gasteiger partial charge is 0.274 e. The Morgan fingerprint density at radius 3 is 2.24 bits per heavy atom. The summed E-state index contributed by atoms with van der Waals surface area (Å²) in [6, 6.07) is 1.95. The first-order chi connectivity index (χ1) is 9.63. The van der Waals surface area contributed by atoms with Gasteiger partial charge >= 0.3 is 0 Å². The number of sulfonamides is 1. The van der Waals surface area contributed by atoms with E-state index < -0.39 is 31.4 Å². The van der Waals surface area contributed by atoms with Gasteiger partial charge in [0.1, 0.15) is 0 Å². The molecule has 8 nitrogen and oxygen atoms in total. The van der Waals surface area contributed by atoms with E-state index in [4.69, 9.17) is 5.14 Å². The monoisotopic (exact) mass is 315 g/mol. The molecule has 21 heavy (non-hydrogen) atoms. The Labute approximate surface area is 122 Å². The van der Waals surface area contributed by atoms with E-state index in [0.29, 0.717) is 13.1 Å². The predicted molar refractivity (Wildman–Crippen MR) is 76.5 cm³/mol. The summed E-state index contributed by atoms with van der Waals surface area (Å²) in [5, 5.41) is 16.0. The summed E-state index contributed by atoms with van der Waals surface area (Å²) >= 11 is 0. The van der Waals surface area contributed by atoms with Gasteiger partial charge in [-0.3, -0.25) is 14.9 Å². The lowest BCUT2D eigenvalue weighted by atomic mass is 10.1. The number of amides is 1. The lowest BCUT2D eigenvalue weighted by Crippen LogP contribution is -2.31. The van der Waals surface area contributed by atoms with Crippen LogP contribution in [-0.4, -0.2) is 37.2 Å². The number of benzene rings is 1. The second kappa shape index (κ2) is 6.19. The van der Waals surface area contributed by atoms with Gasteiger partial charge in [0, 0.05) is 24.7 Å². The van der Waals surface area contributed by atoms with Crippen molar-refractivity contribution in [3.05, 3.63) is 33.4 Å². The lowest BCUT2D eigenvalue weighted by molar-refractivity contribution is -0.385. The minimum Gasteiger partial charge on any atom is -0.339 e. The number of nitrogens with zero attached hydrogens (tertiary/aromatic N) is 2. The van der Waals surface area contributed by atoms with E-state index >= 15 is 0 Å². The van der Waals surface area contributed by atoms with E-state index in [0.717, 1.165) is 12.1 Å². The van der Waals surface area contributed by atoms with E-state index in [1.54, 1.807) is 13.8 Å². The SMILES string of the molecule is CCN(CC)C(=O)c1cc(S(N)(=O)=O)cc([N+](=O)[O-])c1C. The topological polar surface area (TPSA) is 124 Å². The number of nitro groups is 1. The van der Waals surface area contributed by atoms with E-state index in [2.05, 4.69) is 0 Å². The second-order valence-corrected chi connectivity index (χ2v) is 5.96. The highest BCUT2D eigenvalue weighted by molar-refractivity contribution is 7.89. The van der Waals surface area contributed by atoms with E-state index in [-0.39, 0.29) is 11.1 Å². The van der Waals surface area contributed by atoms with Gasteiger partial charge in [-0.05, 0) is 26.8 Å². The zero-order chi connectivity index (χ0) is 16.4. The molecule has 0 saturated carbocycles. The van der Waals surface area contributed by atoms with Crippen molar-refractivity contribution >= 4 is 21.6 Å². The van der Waals surface area contributed by atoms with E-state index in [1.807, 2.05) is 0 Å². The molecule has 1 aromatic rings. The van der Waals surface area contributed by atoms with Gasteiger partial charge in [0.2, 0.25) is 10.0 Å². The van der Waals surface area contributed by atoms with Crippen LogP contribution < -0.4 is 5.14 Å². The standard InChI is InChI=1S/C12H17N3O5S/c1-4-14(5-2)12(16)10-6-9(21(13,19)20)7-11(8(10)3)15(17)18/h6-7H,4-5H2,1-3H3,(H2,13,19,20). The van der Waals surface area contributed by atoms with Crippen molar-refractivity contribution in [2.75, 3.05) is 13.1 Å². The van der Waals surface area contributed by atoms with Crippen molar-refractivity contribution in [3.8, 4) is 0 Å². The maximum Gasteiger partial charge on any atom is 0.274 e. The maximum atomic E-state index is 12.3. The predicted octanol–water partition coefficient (Wildman–Crippen LogP) is 1.03. The maximum absolute atomic E-state index is 12.3. The third-order valence-electron chi connectivity index (χ3n) is 3.16. The van der Waals surface area contributed by atoms with Crippen LogP contribution in [0.15, 0.2) is 17.0 Å². The van der Waals surface area contributed by atoms with E-state index in [1.165, 1.54) is 11.8 Å². The molecule has 0 radical (unpaired) electrons. The first kappa shape index (κ1) is 17.1. The molecule has 0 aliphatic carbocycles. The minimum atomic E-state index is -4.15. The Kier molecular flexibility index (Phi) is 5.02. The zero-order valence-electron chi connectivity index (χ0n) is 12.0. The highest BCUT2D eigenvalue weighted by atomic mass is 32.2. The third-order valence-corrected chi connectivity index (χ3v) is 4.05. The summed E-state index contributed by atoms with van der Waals surface area (Å²) in [4.78, 5) is 23.6. The number of carbonyl (C=O) groups excluding carboxylic acids is 1. The molecule has 0 unspecified atom stereocenters. The third kappa shape index (κ3) is 3.56. The summed E-state index contributed by atoms with van der Waals surface area (Å²) in [7, 11) is -4.15. The fraction of sp³-hybridized carbons (Fsp3) is 0.417. The first-order valence-electron chi connectivity index (χ1n) is 6.24. The van der Waals surface area contributed by atoms with Crippen LogP contribution in [0.4, 0.5) is 5.69 Å². The van der Waals surface area contributed by atoms with Crippen molar-refractivity contribution in [2.24, 2.45) is 5.14 Å². The molecule has 0 aliphatic rings. The number of nitrogens with two attached hydrogens (primary N) is 1. The van der Waals surface area contributed by atoms with Crippen molar-refractivity contribution in [1.29, 1.82) is 0 Å². The quantitative estimate of drug-likeness (QED) is 0.642. The van der Waals surface area contributed by atoms with Crippen molar-refractivity contribution < 1.29 is 18.1 Å². The minimum absolute atomic E-state index is 0.0306. The van der Waals surface area contributed by atoms with E-state index in [9.17, 15) is 23.3 Å². The molecular formula is C12H17N3O5S. The molecule has 0 fully saturated rings. The average molecular weight is 315 g/mol. The molecule has 0 spiro atoms. The first-order valence-corrected chi connectivity index (χ1v) is 7.79. The van der Waals surface area contributed by atoms with Crippen LogP contribution >= 0.6 is 0 Å². The highest BCUT2D eigenvalue weighted by Crippen LogP contribution is 2.26. The normalized spacial score (nSPS) is 11.2. The number of hydrogen-bond donors (Lipinski definition) is 1. The summed E-state index contributed by atoms with van der Waals surface area (Å²) < 4.78 is 22.9. The van der Waals surface area contributed by atoms with Crippen LogP contribution in [0, 0.1) is 17.0 Å². The summed E-state index contributed by atoms with van der Waals surface area (Å²) in [6.07, 6.45) is 0. The van der Waals surface area contributed by atoms with Crippen LogP contribution in [0.25, 0.3) is 0 Å². The lowest BCUT2D eigenvalue weighted by Gasteiger charge is -2.20. The van der Waals surface area contributed by atoms with Gasteiger partial charge in [-0.2, -0.15) is 0 Å². The van der Waals surface area contributed by atoms with Gasteiger partial charge in [0.15, 0.2) is 0 Å². The molecule has 1 amide bonds. The van der Waals surface area contributed by atoms with Gasteiger partial charge in [-0.25, -0.2) is 13.6 Å². The van der Waals surface area contributed by atoms with Crippen LogP contribution in [0.2, 0.25) is 0 Å². The Hall–Kier alpha value is -2.00. The number of rotatable bonds is 5. The van der Waals surface area contributed by atoms with Crippen molar-refractivity contribution in [3.63, 3.8) is 0 Å². The van der Waals surface area contributed by atoms with Crippen LogP contribution in [0.5, 0.6) is 0 Å². The Bertz CT molecular complexity index is 680. The number of nitro benzene ring substituents is 1. The van der Waals surface area contributed by atoms with Gasteiger partial charge in [0.25, 0.3) is 11.6 Å². The number of hydrogen-bond acceptors (Lipinski definition) is 5. The second-order valence-electron chi connectivity index (χ2n) is 4.39. The van der Waals surface area contributed by atoms with Gasteiger partial charge in [-0.1, -0.05) is 0 Å². The summed E-state index contributed by atoms with van der Waals surface area (Å²) in [5.41, 5.74) is -0.363. The molecule has 0 atom stereocenters. The molecule has 2 N–H and O–H groups in total. The van der Waals surface area contributed by atoms with Gasteiger partial charge in [0.05, 0.1) is 15.4 Å². The van der Waals surface area contributed by atoms with Crippen LogP contribution in [0.1, 0.15) is 29.8 Å². The zero-order valence-corrected chi connectivity index (χ0v) is 12.8. The number of carbonyl (C=O) groups is 1. The molecule has 0 heterocycles. The van der Waals surface area contributed by atoms with Crippen molar-refractivity contribution in [1.82, 2.24) is 4.90 Å². The average Bonchev–Trinajstić information content (AvgIpc) is 2.38. The number of primary sulfonamides is 1. The van der Waals surface area contributed by atoms with Crippen LogP contribution in [0.3, 0.4) is 0 Å². The largest absolute Gasteiger partial charge is 0.339 e. The molecule has 0 aromatic heterocycles. The Morgan fingerprint density at radius 2 is 1.86 bits per heavy atom. The van der Waals surface area contributed by atoms with Crippen molar-refractivity contribution in [2.45, 2.75) is 25.7 Å².